The normalized spacial score (nSPS) is 23.9. The number of halogens is 1. The van der Waals surface area contributed by atoms with Gasteiger partial charge in [0, 0.05) is 13.1 Å². The van der Waals surface area contributed by atoms with Crippen LogP contribution in [0.1, 0.15) is 47.0 Å². The highest BCUT2D eigenvalue weighted by Gasteiger charge is 2.27. The molecule has 0 aromatic carbocycles. The third-order valence-corrected chi connectivity index (χ3v) is 5.30. The van der Waals surface area contributed by atoms with E-state index in [1.165, 1.54) is 12.8 Å². The van der Waals surface area contributed by atoms with Crippen LogP contribution in [0.3, 0.4) is 0 Å². The van der Waals surface area contributed by atoms with E-state index in [4.69, 9.17) is 0 Å². The van der Waals surface area contributed by atoms with Gasteiger partial charge >= 0.3 is 0 Å². The quantitative estimate of drug-likeness (QED) is 0.728. The molecule has 1 rings (SSSR count). The molecule has 2 unspecified atom stereocenters. The lowest BCUT2D eigenvalue weighted by Gasteiger charge is -2.25. The van der Waals surface area contributed by atoms with Crippen molar-refractivity contribution in [3.8, 4) is 0 Å². The first kappa shape index (κ1) is 15.0. The van der Waals surface area contributed by atoms with Crippen LogP contribution in [0, 0.1) is 17.8 Å². The third kappa shape index (κ3) is 4.27. The van der Waals surface area contributed by atoms with Crippen LogP contribution in [0.2, 0.25) is 0 Å². The predicted molar refractivity (Wildman–Crippen MR) is 76.3 cm³/mol. The number of hydrogen-bond acceptors (Lipinski definition) is 1. The van der Waals surface area contributed by atoms with Gasteiger partial charge in [0.15, 0.2) is 0 Å². The van der Waals surface area contributed by atoms with Crippen LogP contribution in [-0.2, 0) is 4.79 Å². The topological polar surface area (TPSA) is 20.3 Å². The van der Waals surface area contributed by atoms with E-state index >= 15 is 0 Å². The van der Waals surface area contributed by atoms with Gasteiger partial charge in [0.1, 0.15) is 0 Å². The predicted octanol–water partition coefficient (Wildman–Crippen LogP) is 3.69. The Balaban J connectivity index is 2.54. The molecule has 2 nitrogen and oxygen atoms in total. The van der Waals surface area contributed by atoms with Gasteiger partial charge in [-0.15, -0.1) is 0 Å². The Morgan fingerprint density at radius 3 is 2.35 bits per heavy atom. The first-order valence-corrected chi connectivity index (χ1v) is 7.78. The molecule has 1 amide bonds. The minimum atomic E-state index is -0.0156. The summed E-state index contributed by atoms with van der Waals surface area (Å²) >= 11 is 3.52. The summed E-state index contributed by atoms with van der Waals surface area (Å²) < 4.78 is 0. The van der Waals surface area contributed by atoms with Crippen molar-refractivity contribution in [1.29, 1.82) is 0 Å². The molecule has 1 aliphatic heterocycles. The van der Waals surface area contributed by atoms with Crippen molar-refractivity contribution in [2.24, 2.45) is 17.8 Å². The summed E-state index contributed by atoms with van der Waals surface area (Å²) in [4.78, 5) is 14.3. The van der Waals surface area contributed by atoms with E-state index < -0.39 is 0 Å². The Labute approximate surface area is 114 Å². The highest BCUT2D eigenvalue weighted by Crippen LogP contribution is 2.26. The van der Waals surface area contributed by atoms with Gasteiger partial charge in [-0.3, -0.25) is 4.79 Å². The van der Waals surface area contributed by atoms with Crippen molar-refractivity contribution in [3.63, 3.8) is 0 Å². The van der Waals surface area contributed by atoms with E-state index in [-0.39, 0.29) is 10.7 Å². The summed E-state index contributed by atoms with van der Waals surface area (Å²) in [6.07, 6.45) is 3.60. The molecule has 1 heterocycles. The van der Waals surface area contributed by atoms with E-state index in [0.29, 0.717) is 5.92 Å². The van der Waals surface area contributed by atoms with Crippen molar-refractivity contribution >= 4 is 21.8 Å². The fraction of sp³-hybridized carbons (Fsp3) is 0.929. The summed E-state index contributed by atoms with van der Waals surface area (Å²) in [6, 6.07) is 0. The zero-order valence-corrected chi connectivity index (χ0v) is 13.2. The number of likely N-dealkylation sites (tertiary alicyclic amines) is 1. The first-order valence-electron chi connectivity index (χ1n) is 6.86. The van der Waals surface area contributed by atoms with Crippen molar-refractivity contribution in [1.82, 2.24) is 4.90 Å². The lowest BCUT2D eigenvalue weighted by molar-refractivity contribution is -0.131. The van der Waals surface area contributed by atoms with E-state index in [0.717, 1.165) is 31.3 Å². The maximum Gasteiger partial charge on any atom is 0.236 e. The standard InChI is InChI=1S/C14H26BrNO/c1-10(2)12-6-5-8-16(9-7-12)14(17)13(15)11(3)4/h10-13H,5-9H2,1-4H3. The summed E-state index contributed by atoms with van der Waals surface area (Å²) in [6.45, 7) is 10.7. The molecule has 0 saturated carbocycles. The molecule has 0 radical (unpaired) electrons. The minimum absolute atomic E-state index is 0.0156. The van der Waals surface area contributed by atoms with Crippen molar-refractivity contribution in [2.75, 3.05) is 13.1 Å². The molecular weight excluding hydrogens is 278 g/mol. The number of carbonyl (C=O) groups is 1. The molecule has 0 bridgehead atoms. The fourth-order valence-electron chi connectivity index (χ4n) is 2.47. The Hall–Kier alpha value is -0.0500. The Bertz CT molecular complexity index is 253. The molecule has 100 valence electrons. The number of rotatable bonds is 3. The van der Waals surface area contributed by atoms with Gasteiger partial charge in [-0.05, 0) is 37.0 Å². The largest absolute Gasteiger partial charge is 0.342 e. The van der Waals surface area contributed by atoms with Crippen LogP contribution in [0.5, 0.6) is 0 Å². The molecule has 0 aromatic rings. The lowest BCUT2D eigenvalue weighted by Crippen LogP contribution is -2.39. The van der Waals surface area contributed by atoms with Crippen LogP contribution in [-0.4, -0.2) is 28.7 Å². The molecule has 0 aliphatic carbocycles. The summed E-state index contributed by atoms with van der Waals surface area (Å²) in [5.74, 6) is 2.19. The van der Waals surface area contributed by atoms with Crippen molar-refractivity contribution in [2.45, 2.75) is 51.8 Å². The minimum Gasteiger partial charge on any atom is -0.342 e. The van der Waals surface area contributed by atoms with E-state index in [9.17, 15) is 4.79 Å². The summed E-state index contributed by atoms with van der Waals surface area (Å²) in [7, 11) is 0. The Kier molecular flexibility index (Phi) is 5.98. The highest BCUT2D eigenvalue weighted by atomic mass is 79.9. The molecule has 2 atom stereocenters. The maximum atomic E-state index is 12.2. The summed E-state index contributed by atoms with van der Waals surface area (Å²) in [5, 5.41) is 0. The van der Waals surface area contributed by atoms with Crippen LogP contribution < -0.4 is 0 Å². The highest BCUT2D eigenvalue weighted by molar-refractivity contribution is 9.10. The van der Waals surface area contributed by atoms with E-state index in [1.807, 2.05) is 0 Å². The SMILES string of the molecule is CC(C)C1CCCN(C(=O)C(Br)C(C)C)CC1. The van der Waals surface area contributed by atoms with Crippen LogP contribution in [0.25, 0.3) is 0 Å². The number of alkyl halides is 1. The second kappa shape index (κ2) is 6.77. The van der Waals surface area contributed by atoms with Gasteiger partial charge < -0.3 is 4.90 Å². The molecule has 3 heteroatoms. The average Bonchev–Trinajstić information content (AvgIpc) is 2.52. The number of nitrogens with zero attached hydrogens (tertiary/aromatic N) is 1. The van der Waals surface area contributed by atoms with E-state index in [1.54, 1.807) is 0 Å². The van der Waals surface area contributed by atoms with Crippen molar-refractivity contribution in [3.05, 3.63) is 0 Å². The van der Waals surface area contributed by atoms with Gasteiger partial charge in [-0.25, -0.2) is 0 Å². The van der Waals surface area contributed by atoms with Crippen LogP contribution >= 0.6 is 15.9 Å². The number of carbonyl (C=O) groups excluding carboxylic acids is 1. The van der Waals surface area contributed by atoms with Gasteiger partial charge in [0.2, 0.25) is 5.91 Å². The second-order valence-corrected chi connectivity index (χ2v) is 6.89. The molecule has 0 aromatic heterocycles. The maximum absolute atomic E-state index is 12.2. The second-order valence-electron chi connectivity index (χ2n) is 5.91. The average molecular weight is 304 g/mol. The van der Waals surface area contributed by atoms with E-state index in [2.05, 4.69) is 48.5 Å². The zero-order valence-electron chi connectivity index (χ0n) is 11.6. The first-order chi connectivity index (χ1) is 7.93. The van der Waals surface area contributed by atoms with Crippen molar-refractivity contribution < 1.29 is 4.79 Å². The van der Waals surface area contributed by atoms with Gasteiger partial charge in [0.25, 0.3) is 0 Å². The Morgan fingerprint density at radius 2 is 1.82 bits per heavy atom. The molecule has 0 N–H and O–H groups in total. The summed E-state index contributed by atoms with van der Waals surface area (Å²) in [5.41, 5.74) is 0. The Morgan fingerprint density at radius 1 is 1.18 bits per heavy atom. The van der Waals surface area contributed by atoms with Gasteiger partial charge in [-0.2, -0.15) is 0 Å². The molecular formula is C14H26BrNO. The zero-order chi connectivity index (χ0) is 13.0. The number of amides is 1. The molecule has 1 aliphatic rings. The van der Waals surface area contributed by atoms with Gasteiger partial charge in [-0.1, -0.05) is 43.6 Å². The molecule has 1 saturated heterocycles. The monoisotopic (exact) mass is 303 g/mol. The smallest absolute Gasteiger partial charge is 0.236 e. The van der Waals surface area contributed by atoms with Gasteiger partial charge in [0.05, 0.1) is 4.83 Å². The third-order valence-electron chi connectivity index (χ3n) is 3.85. The molecule has 17 heavy (non-hydrogen) atoms. The van der Waals surface area contributed by atoms with Crippen LogP contribution in [0.15, 0.2) is 0 Å². The van der Waals surface area contributed by atoms with Crippen LogP contribution in [0.4, 0.5) is 0 Å². The lowest BCUT2D eigenvalue weighted by atomic mass is 9.89. The fourth-order valence-corrected chi connectivity index (χ4v) is 2.76. The number of hydrogen-bond donors (Lipinski definition) is 0. The molecule has 0 spiro atoms. The molecule has 1 fully saturated rings.